The van der Waals surface area contributed by atoms with Crippen molar-refractivity contribution in [2.45, 2.75) is 45.5 Å². The second kappa shape index (κ2) is 7.54. The first kappa shape index (κ1) is 15.3. The minimum Gasteiger partial charge on any atom is -0.350 e. The van der Waals surface area contributed by atoms with Crippen molar-refractivity contribution in [3.05, 3.63) is 0 Å². The Balaban J connectivity index is 4.01. The van der Waals surface area contributed by atoms with Gasteiger partial charge in [0, 0.05) is 5.92 Å². The average molecular weight is 236 g/mol. The van der Waals surface area contributed by atoms with E-state index >= 15 is 0 Å². The first-order chi connectivity index (χ1) is 7.46. The molecule has 1 unspecified atom stereocenters. The van der Waals surface area contributed by atoms with Crippen LogP contribution in [0.5, 0.6) is 0 Å². The van der Waals surface area contributed by atoms with Crippen LogP contribution in [0, 0.1) is 5.92 Å². The lowest BCUT2D eigenvalue weighted by atomic mass is 9.98. The van der Waals surface area contributed by atoms with Crippen molar-refractivity contribution in [2.24, 2.45) is 11.7 Å². The topological polar surface area (TPSA) is 55.1 Å². The Morgan fingerprint density at radius 2 is 2.06 bits per heavy atom. The summed E-state index contributed by atoms with van der Waals surface area (Å²) in [7, 11) is 0. The van der Waals surface area contributed by atoms with Gasteiger partial charge in [-0.2, -0.15) is 0 Å². The van der Waals surface area contributed by atoms with Crippen molar-refractivity contribution in [3.8, 4) is 0 Å². The van der Waals surface area contributed by atoms with E-state index in [4.69, 9.17) is 5.73 Å². The number of halogens is 2. The lowest BCUT2D eigenvalue weighted by Gasteiger charge is -2.18. The molecular formula is C11H22F2N2O. The van der Waals surface area contributed by atoms with Crippen molar-refractivity contribution in [2.75, 3.05) is 13.1 Å². The third kappa shape index (κ3) is 6.00. The Morgan fingerprint density at radius 3 is 2.50 bits per heavy atom. The summed E-state index contributed by atoms with van der Waals surface area (Å²) in [6, 6.07) is 0. The van der Waals surface area contributed by atoms with E-state index in [1.807, 2.05) is 13.8 Å². The molecule has 0 aromatic carbocycles. The van der Waals surface area contributed by atoms with Crippen molar-refractivity contribution in [1.82, 2.24) is 5.32 Å². The number of nitrogens with two attached hydrogens (primary N) is 1. The number of alkyl halides is 2. The van der Waals surface area contributed by atoms with Gasteiger partial charge < -0.3 is 11.1 Å². The van der Waals surface area contributed by atoms with Crippen LogP contribution in [-0.4, -0.2) is 24.9 Å². The van der Waals surface area contributed by atoms with Gasteiger partial charge in [0.15, 0.2) is 0 Å². The average Bonchev–Trinajstić information content (AvgIpc) is 2.27. The molecule has 0 aliphatic heterocycles. The Morgan fingerprint density at radius 1 is 1.44 bits per heavy atom. The largest absolute Gasteiger partial charge is 0.350 e. The maximum atomic E-state index is 12.8. The van der Waals surface area contributed by atoms with Crippen molar-refractivity contribution in [1.29, 1.82) is 0 Å². The first-order valence-electron chi connectivity index (χ1n) is 5.82. The second-order valence-corrected chi connectivity index (χ2v) is 4.03. The number of rotatable bonds is 8. The number of unbranched alkanes of at least 4 members (excludes halogenated alkanes) is 1. The van der Waals surface area contributed by atoms with E-state index in [1.54, 1.807) is 0 Å². The number of carbonyl (C=O) groups is 1. The summed E-state index contributed by atoms with van der Waals surface area (Å²) in [6.45, 7) is 2.53. The van der Waals surface area contributed by atoms with Crippen LogP contribution in [-0.2, 0) is 4.79 Å². The van der Waals surface area contributed by atoms with Gasteiger partial charge in [-0.3, -0.25) is 4.79 Å². The fourth-order valence-electron chi connectivity index (χ4n) is 1.40. The molecule has 0 bridgehead atoms. The number of hydrogen-bond acceptors (Lipinski definition) is 2. The molecule has 1 amide bonds. The van der Waals surface area contributed by atoms with Crippen molar-refractivity contribution < 1.29 is 13.6 Å². The number of hydrogen-bond donors (Lipinski definition) is 2. The van der Waals surface area contributed by atoms with Crippen LogP contribution in [0.15, 0.2) is 0 Å². The molecule has 0 aromatic heterocycles. The molecule has 0 saturated heterocycles. The van der Waals surface area contributed by atoms with E-state index in [1.165, 1.54) is 0 Å². The molecule has 0 rings (SSSR count). The maximum absolute atomic E-state index is 12.8. The normalized spacial score (nSPS) is 13.6. The van der Waals surface area contributed by atoms with Crippen LogP contribution >= 0.6 is 0 Å². The van der Waals surface area contributed by atoms with E-state index in [-0.39, 0.29) is 11.8 Å². The molecule has 0 heterocycles. The molecule has 0 spiro atoms. The minimum absolute atomic E-state index is 0.159. The summed E-state index contributed by atoms with van der Waals surface area (Å²) in [5.74, 6) is -3.45. The lowest BCUT2D eigenvalue weighted by Crippen LogP contribution is -2.43. The summed E-state index contributed by atoms with van der Waals surface area (Å²) >= 11 is 0. The number of amides is 1. The first-order valence-corrected chi connectivity index (χ1v) is 5.82. The predicted octanol–water partition coefficient (Wildman–Crippen LogP) is 1.91. The van der Waals surface area contributed by atoms with E-state index in [2.05, 4.69) is 5.32 Å². The van der Waals surface area contributed by atoms with Crippen LogP contribution in [0.1, 0.15) is 39.5 Å². The molecule has 0 radical (unpaired) electrons. The number of carbonyl (C=O) groups excluding carboxylic acids is 1. The van der Waals surface area contributed by atoms with Gasteiger partial charge in [-0.1, -0.05) is 26.7 Å². The minimum atomic E-state index is -3.00. The zero-order valence-electron chi connectivity index (χ0n) is 10.1. The highest BCUT2D eigenvalue weighted by molar-refractivity contribution is 5.78. The Labute approximate surface area is 95.8 Å². The highest BCUT2D eigenvalue weighted by Gasteiger charge is 2.28. The highest BCUT2D eigenvalue weighted by Crippen LogP contribution is 2.14. The summed E-state index contributed by atoms with van der Waals surface area (Å²) in [6.07, 6.45) is 3.38. The molecule has 0 saturated carbocycles. The molecule has 16 heavy (non-hydrogen) atoms. The summed E-state index contributed by atoms with van der Waals surface area (Å²) in [5.41, 5.74) is 4.88. The van der Waals surface area contributed by atoms with Gasteiger partial charge in [0.2, 0.25) is 5.91 Å². The molecule has 0 aromatic rings. The SMILES string of the molecule is CCCCC(CC)C(=O)NCC(F)(F)CN. The molecule has 0 aliphatic carbocycles. The monoisotopic (exact) mass is 236 g/mol. The van der Waals surface area contributed by atoms with E-state index in [0.29, 0.717) is 6.42 Å². The molecule has 5 heteroatoms. The zero-order chi connectivity index (χ0) is 12.6. The van der Waals surface area contributed by atoms with Gasteiger partial charge in [0.1, 0.15) is 0 Å². The third-order valence-corrected chi connectivity index (χ3v) is 2.59. The second-order valence-electron chi connectivity index (χ2n) is 4.03. The fourth-order valence-corrected chi connectivity index (χ4v) is 1.40. The molecule has 3 nitrogen and oxygen atoms in total. The Kier molecular flexibility index (Phi) is 7.21. The molecule has 96 valence electrons. The zero-order valence-corrected chi connectivity index (χ0v) is 10.1. The van der Waals surface area contributed by atoms with Gasteiger partial charge >= 0.3 is 0 Å². The summed E-state index contributed by atoms with van der Waals surface area (Å²) in [4.78, 5) is 11.6. The Bertz CT molecular complexity index is 210. The van der Waals surface area contributed by atoms with Gasteiger partial charge in [-0.15, -0.1) is 0 Å². The van der Waals surface area contributed by atoms with Crippen LogP contribution in [0.2, 0.25) is 0 Å². The van der Waals surface area contributed by atoms with Crippen LogP contribution < -0.4 is 11.1 Å². The Hall–Kier alpha value is -0.710. The molecular weight excluding hydrogens is 214 g/mol. The van der Waals surface area contributed by atoms with E-state index < -0.39 is 19.0 Å². The lowest BCUT2D eigenvalue weighted by molar-refractivity contribution is -0.127. The fraction of sp³-hybridized carbons (Fsp3) is 0.909. The van der Waals surface area contributed by atoms with Crippen LogP contribution in [0.25, 0.3) is 0 Å². The van der Waals surface area contributed by atoms with Crippen molar-refractivity contribution >= 4 is 5.91 Å². The summed E-state index contributed by atoms with van der Waals surface area (Å²) < 4.78 is 25.6. The predicted molar refractivity (Wildman–Crippen MR) is 60.3 cm³/mol. The van der Waals surface area contributed by atoms with Crippen LogP contribution in [0.3, 0.4) is 0 Å². The summed E-state index contributed by atoms with van der Waals surface area (Å²) in [5, 5.41) is 2.26. The quantitative estimate of drug-likeness (QED) is 0.676. The molecule has 3 N–H and O–H groups in total. The highest BCUT2D eigenvalue weighted by atomic mass is 19.3. The standard InChI is InChI=1S/C11H22F2N2O/c1-3-5-6-9(4-2)10(16)15-8-11(12,13)7-14/h9H,3-8,14H2,1-2H3,(H,15,16). The molecule has 0 aliphatic rings. The van der Waals surface area contributed by atoms with Gasteiger partial charge in [0.25, 0.3) is 5.92 Å². The molecule has 0 fully saturated rings. The van der Waals surface area contributed by atoms with Gasteiger partial charge in [-0.05, 0) is 12.8 Å². The van der Waals surface area contributed by atoms with Gasteiger partial charge in [-0.25, -0.2) is 8.78 Å². The number of nitrogens with one attached hydrogen (secondary N) is 1. The molecule has 1 atom stereocenters. The smallest absolute Gasteiger partial charge is 0.277 e. The van der Waals surface area contributed by atoms with E-state index in [0.717, 1.165) is 19.3 Å². The van der Waals surface area contributed by atoms with Crippen LogP contribution in [0.4, 0.5) is 8.78 Å². The van der Waals surface area contributed by atoms with E-state index in [9.17, 15) is 13.6 Å². The maximum Gasteiger partial charge on any atom is 0.277 e. The van der Waals surface area contributed by atoms with Gasteiger partial charge in [0.05, 0.1) is 13.1 Å². The third-order valence-electron chi connectivity index (χ3n) is 2.59. The van der Waals surface area contributed by atoms with Crippen molar-refractivity contribution in [3.63, 3.8) is 0 Å².